The summed E-state index contributed by atoms with van der Waals surface area (Å²) in [5, 5.41) is 10.7. The van der Waals surface area contributed by atoms with E-state index in [1.807, 2.05) is 23.6 Å². The van der Waals surface area contributed by atoms with E-state index in [1.54, 1.807) is 11.3 Å². The van der Waals surface area contributed by atoms with Gasteiger partial charge in [-0.3, -0.25) is 4.79 Å². The lowest BCUT2D eigenvalue weighted by Gasteiger charge is -2.02. The minimum atomic E-state index is -0.749. The van der Waals surface area contributed by atoms with Gasteiger partial charge in [0.05, 0.1) is 0 Å². The third kappa shape index (κ3) is 2.70. The zero-order valence-corrected chi connectivity index (χ0v) is 9.54. The fourth-order valence-electron chi connectivity index (χ4n) is 1.57. The van der Waals surface area contributed by atoms with Gasteiger partial charge in [0, 0.05) is 11.3 Å². The van der Waals surface area contributed by atoms with E-state index < -0.39 is 5.97 Å². The van der Waals surface area contributed by atoms with E-state index in [0.717, 1.165) is 11.1 Å². The van der Waals surface area contributed by atoms with Gasteiger partial charge in [-0.05, 0) is 29.0 Å². The van der Waals surface area contributed by atoms with Crippen LogP contribution in [-0.2, 0) is 11.2 Å². The molecule has 1 heterocycles. The maximum Gasteiger partial charge on any atom is 0.303 e. The summed E-state index contributed by atoms with van der Waals surface area (Å²) >= 11 is 1.69. The van der Waals surface area contributed by atoms with Crippen LogP contribution in [0.2, 0.25) is 0 Å². The minimum Gasteiger partial charge on any atom is -0.481 e. The molecular formula is C13H12O2S. The lowest BCUT2D eigenvalue weighted by Crippen LogP contribution is -1.97. The first-order valence-corrected chi connectivity index (χ1v) is 5.98. The van der Waals surface area contributed by atoms with Crippen molar-refractivity contribution in [2.45, 2.75) is 12.8 Å². The molecule has 1 aromatic heterocycles. The zero-order chi connectivity index (χ0) is 11.4. The number of aryl methyl sites for hydroxylation is 1. The number of thiophene rings is 1. The van der Waals surface area contributed by atoms with Gasteiger partial charge < -0.3 is 5.11 Å². The first-order valence-electron chi connectivity index (χ1n) is 5.10. The Morgan fingerprint density at radius 3 is 2.81 bits per heavy atom. The molecule has 0 radical (unpaired) electrons. The molecule has 1 aromatic carbocycles. The Bertz CT molecular complexity index is 474. The SMILES string of the molecule is O=C(O)CCc1cccc(-c2cccs2)c1. The molecule has 0 spiro atoms. The van der Waals surface area contributed by atoms with E-state index in [9.17, 15) is 4.79 Å². The number of benzene rings is 1. The highest BCUT2D eigenvalue weighted by Gasteiger charge is 2.02. The standard InChI is InChI=1S/C13H12O2S/c14-13(15)7-6-10-3-1-4-11(9-10)12-5-2-8-16-12/h1-5,8-9H,6-7H2,(H,14,15). The average molecular weight is 232 g/mol. The molecule has 0 unspecified atom stereocenters. The maximum atomic E-state index is 10.5. The van der Waals surface area contributed by atoms with Crippen molar-refractivity contribution in [3.05, 3.63) is 47.3 Å². The van der Waals surface area contributed by atoms with Crippen molar-refractivity contribution < 1.29 is 9.90 Å². The molecule has 3 heteroatoms. The molecule has 0 aliphatic heterocycles. The highest BCUT2D eigenvalue weighted by atomic mass is 32.1. The molecule has 0 bridgehead atoms. The lowest BCUT2D eigenvalue weighted by atomic mass is 10.1. The predicted octanol–water partition coefficient (Wildman–Crippen LogP) is 3.43. The van der Waals surface area contributed by atoms with Crippen molar-refractivity contribution in [3.8, 4) is 10.4 Å². The number of carbonyl (C=O) groups is 1. The molecule has 0 aliphatic rings. The average Bonchev–Trinajstić information content (AvgIpc) is 2.80. The van der Waals surface area contributed by atoms with Gasteiger partial charge >= 0.3 is 5.97 Å². The molecular weight excluding hydrogens is 220 g/mol. The van der Waals surface area contributed by atoms with Crippen molar-refractivity contribution in [1.82, 2.24) is 0 Å². The van der Waals surface area contributed by atoms with Gasteiger partial charge in [0.1, 0.15) is 0 Å². The first kappa shape index (κ1) is 10.9. The maximum absolute atomic E-state index is 10.5. The Morgan fingerprint density at radius 2 is 2.12 bits per heavy atom. The van der Waals surface area contributed by atoms with Crippen LogP contribution in [0.15, 0.2) is 41.8 Å². The Hall–Kier alpha value is -1.61. The molecule has 0 atom stereocenters. The monoisotopic (exact) mass is 232 g/mol. The second-order valence-corrected chi connectivity index (χ2v) is 4.52. The molecule has 0 aliphatic carbocycles. The van der Waals surface area contributed by atoms with Crippen molar-refractivity contribution in [2.24, 2.45) is 0 Å². The Labute approximate surface area is 98.2 Å². The molecule has 16 heavy (non-hydrogen) atoms. The Balaban J connectivity index is 2.17. The summed E-state index contributed by atoms with van der Waals surface area (Å²) in [7, 11) is 0. The van der Waals surface area contributed by atoms with Crippen LogP contribution in [-0.4, -0.2) is 11.1 Å². The first-order chi connectivity index (χ1) is 7.75. The van der Waals surface area contributed by atoms with Crippen LogP contribution in [0.4, 0.5) is 0 Å². The fourth-order valence-corrected chi connectivity index (χ4v) is 2.30. The second kappa shape index (κ2) is 4.94. The van der Waals surface area contributed by atoms with Gasteiger partial charge in [-0.1, -0.05) is 30.3 Å². The normalized spacial score (nSPS) is 10.2. The van der Waals surface area contributed by atoms with E-state index in [1.165, 1.54) is 4.88 Å². The van der Waals surface area contributed by atoms with E-state index in [0.29, 0.717) is 6.42 Å². The molecule has 2 rings (SSSR count). The number of rotatable bonds is 4. The van der Waals surface area contributed by atoms with E-state index in [2.05, 4.69) is 18.2 Å². The van der Waals surface area contributed by atoms with Gasteiger partial charge in [0.2, 0.25) is 0 Å². The van der Waals surface area contributed by atoms with E-state index >= 15 is 0 Å². The van der Waals surface area contributed by atoms with Crippen molar-refractivity contribution >= 4 is 17.3 Å². The molecule has 2 aromatic rings. The summed E-state index contributed by atoms with van der Waals surface area (Å²) in [5.74, 6) is -0.749. The Kier molecular flexibility index (Phi) is 3.37. The largest absolute Gasteiger partial charge is 0.481 e. The number of hydrogen-bond donors (Lipinski definition) is 1. The van der Waals surface area contributed by atoms with Gasteiger partial charge in [-0.2, -0.15) is 0 Å². The number of hydrogen-bond acceptors (Lipinski definition) is 2. The van der Waals surface area contributed by atoms with Crippen molar-refractivity contribution in [1.29, 1.82) is 0 Å². The predicted molar refractivity (Wildman–Crippen MR) is 65.7 cm³/mol. The molecule has 0 fully saturated rings. The number of carboxylic acids is 1. The van der Waals surface area contributed by atoms with Gasteiger partial charge in [0.25, 0.3) is 0 Å². The van der Waals surface area contributed by atoms with Crippen molar-refractivity contribution in [2.75, 3.05) is 0 Å². The van der Waals surface area contributed by atoms with Gasteiger partial charge in [-0.25, -0.2) is 0 Å². The van der Waals surface area contributed by atoms with E-state index in [-0.39, 0.29) is 6.42 Å². The van der Waals surface area contributed by atoms with Crippen LogP contribution in [0, 0.1) is 0 Å². The smallest absolute Gasteiger partial charge is 0.303 e. The van der Waals surface area contributed by atoms with Crippen LogP contribution in [0.1, 0.15) is 12.0 Å². The summed E-state index contributed by atoms with van der Waals surface area (Å²) in [4.78, 5) is 11.7. The molecule has 0 amide bonds. The van der Waals surface area contributed by atoms with Gasteiger partial charge in [-0.15, -0.1) is 11.3 Å². The molecule has 2 nitrogen and oxygen atoms in total. The Morgan fingerprint density at radius 1 is 1.25 bits per heavy atom. The molecule has 82 valence electrons. The van der Waals surface area contributed by atoms with E-state index in [4.69, 9.17) is 5.11 Å². The summed E-state index contributed by atoms with van der Waals surface area (Å²) in [5.41, 5.74) is 2.24. The van der Waals surface area contributed by atoms with Crippen LogP contribution in [0.25, 0.3) is 10.4 Å². The van der Waals surface area contributed by atoms with Crippen LogP contribution < -0.4 is 0 Å². The second-order valence-electron chi connectivity index (χ2n) is 3.57. The van der Waals surface area contributed by atoms with Crippen LogP contribution >= 0.6 is 11.3 Å². The summed E-state index contributed by atoms with van der Waals surface area (Å²) in [6, 6.07) is 12.2. The fraction of sp³-hybridized carbons (Fsp3) is 0.154. The number of carboxylic acid groups (broad SMARTS) is 1. The summed E-state index contributed by atoms with van der Waals surface area (Å²) in [6.07, 6.45) is 0.780. The number of aliphatic carboxylic acids is 1. The highest BCUT2D eigenvalue weighted by molar-refractivity contribution is 7.13. The summed E-state index contributed by atoms with van der Waals surface area (Å²) < 4.78 is 0. The summed E-state index contributed by atoms with van der Waals surface area (Å²) in [6.45, 7) is 0. The molecule has 1 N–H and O–H groups in total. The molecule has 0 saturated heterocycles. The van der Waals surface area contributed by atoms with Gasteiger partial charge in [0.15, 0.2) is 0 Å². The lowest BCUT2D eigenvalue weighted by molar-refractivity contribution is -0.136. The topological polar surface area (TPSA) is 37.3 Å². The zero-order valence-electron chi connectivity index (χ0n) is 8.72. The third-order valence-electron chi connectivity index (χ3n) is 2.36. The highest BCUT2D eigenvalue weighted by Crippen LogP contribution is 2.25. The van der Waals surface area contributed by atoms with Crippen LogP contribution in [0.5, 0.6) is 0 Å². The third-order valence-corrected chi connectivity index (χ3v) is 3.28. The minimum absolute atomic E-state index is 0.188. The quantitative estimate of drug-likeness (QED) is 0.876. The van der Waals surface area contributed by atoms with Crippen molar-refractivity contribution in [3.63, 3.8) is 0 Å². The molecule has 0 saturated carbocycles. The van der Waals surface area contributed by atoms with Crippen LogP contribution in [0.3, 0.4) is 0 Å².